The molecule has 1 N–H and O–H groups in total. The molecule has 2 aliphatic heterocycles. The third-order valence-corrected chi connectivity index (χ3v) is 7.91. The van der Waals surface area contributed by atoms with Crippen LogP contribution in [0.3, 0.4) is 0 Å². The number of halogens is 4. The van der Waals surface area contributed by atoms with E-state index in [2.05, 4.69) is 30.4 Å². The van der Waals surface area contributed by atoms with Gasteiger partial charge in [0, 0.05) is 31.3 Å². The summed E-state index contributed by atoms with van der Waals surface area (Å²) >= 11 is 0. The zero-order valence-corrected chi connectivity index (χ0v) is 23.0. The monoisotopic (exact) mass is 595 g/mol. The molecule has 2 aromatic carbocycles. The SMILES string of the molecule is Cc1cc(Nc2ncnc3ccc(OC(F)F)c(N4CC5(C4)CC(F)(F)CN5C)c23)ccc1Oc1cc2ncnn2cn1. The van der Waals surface area contributed by atoms with Crippen molar-refractivity contribution in [2.75, 3.05) is 36.9 Å². The Hall–Kier alpha value is -4.79. The second-order valence-corrected chi connectivity index (χ2v) is 10.9. The summed E-state index contributed by atoms with van der Waals surface area (Å²) in [6.07, 6.45) is 3.98. The molecule has 0 unspecified atom stereocenters. The Morgan fingerprint density at radius 3 is 2.51 bits per heavy atom. The first kappa shape index (κ1) is 27.1. The zero-order valence-electron chi connectivity index (χ0n) is 23.0. The molecule has 0 radical (unpaired) electrons. The Morgan fingerprint density at radius 1 is 0.953 bits per heavy atom. The predicted molar refractivity (Wildman–Crippen MR) is 149 cm³/mol. The summed E-state index contributed by atoms with van der Waals surface area (Å²) in [5.41, 5.74) is 2.05. The molecule has 2 saturated heterocycles. The largest absolute Gasteiger partial charge is 0.439 e. The summed E-state index contributed by atoms with van der Waals surface area (Å²) in [5, 5.41) is 7.72. The van der Waals surface area contributed by atoms with Gasteiger partial charge in [-0.15, -0.1) is 0 Å². The topological polar surface area (TPSA) is 106 Å². The first-order valence-electron chi connectivity index (χ1n) is 13.4. The number of ether oxygens (including phenoxy) is 2. The predicted octanol–water partition coefficient (Wildman–Crippen LogP) is 5.04. The van der Waals surface area contributed by atoms with Crippen LogP contribution in [0.4, 0.5) is 34.8 Å². The van der Waals surface area contributed by atoms with Gasteiger partial charge >= 0.3 is 6.61 Å². The van der Waals surface area contributed by atoms with Crippen molar-refractivity contribution in [2.24, 2.45) is 0 Å². The van der Waals surface area contributed by atoms with E-state index in [0.29, 0.717) is 45.4 Å². The number of benzene rings is 2. The molecule has 15 heteroatoms. The minimum Gasteiger partial charge on any atom is -0.439 e. The smallest absolute Gasteiger partial charge is 0.387 e. The second kappa shape index (κ2) is 9.90. The molecule has 0 bridgehead atoms. The van der Waals surface area contributed by atoms with Gasteiger partial charge in [0.15, 0.2) is 5.65 Å². The number of nitrogens with one attached hydrogen (secondary N) is 1. The standard InChI is InChI=1S/C28H25F4N9O2/c1-16-7-17(3-5-19(16)42-22-8-21-34-14-37-41(21)15-36-22)38-25-23-18(33-13-35-25)4-6-20(43-26(29)30)24(23)40-10-27(11-40)9-28(31,32)12-39(27)2/h3-8,13-15,26H,9-12H2,1-2H3,(H,33,35,38). The number of rotatable bonds is 7. The molecule has 7 rings (SSSR count). The number of anilines is 3. The fraction of sp³-hybridized carbons (Fsp3) is 0.321. The van der Waals surface area contributed by atoms with E-state index in [1.807, 2.05) is 13.0 Å². The van der Waals surface area contributed by atoms with E-state index in [1.54, 1.807) is 41.1 Å². The maximum atomic E-state index is 14.3. The lowest BCUT2D eigenvalue weighted by atomic mass is 9.85. The van der Waals surface area contributed by atoms with Gasteiger partial charge in [0.1, 0.15) is 36.3 Å². The number of hydrogen-bond donors (Lipinski definition) is 1. The Morgan fingerprint density at radius 2 is 1.77 bits per heavy atom. The molecule has 1 spiro atoms. The third-order valence-electron chi connectivity index (χ3n) is 7.91. The Kier molecular flexibility index (Phi) is 6.23. The third kappa shape index (κ3) is 4.88. The lowest BCUT2D eigenvalue weighted by molar-refractivity contribution is -0.0496. The average Bonchev–Trinajstić information content (AvgIpc) is 3.49. The highest BCUT2D eigenvalue weighted by Crippen LogP contribution is 2.49. The molecule has 0 amide bonds. The number of likely N-dealkylation sites (N-methyl/N-ethyl adjacent to an activating group) is 1. The summed E-state index contributed by atoms with van der Waals surface area (Å²) < 4.78 is 67.8. The van der Waals surface area contributed by atoms with Crippen LogP contribution in [-0.2, 0) is 0 Å². The average molecular weight is 596 g/mol. The molecule has 0 saturated carbocycles. The highest BCUT2D eigenvalue weighted by Gasteiger charge is 2.59. The highest BCUT2D eigenvalue weighted by atomic mass is 19.3. The summed E-state index contributed by atoms with van der Waals surface area (Å²) in [6.45, 7) is -1.14. The maximum absolute atomic E-state index is 14.3. The number of nitrogens with zero attached hydrogens (tertiary/aromatic N) is 8. The first-order valence-corrected chi connectivity index (χ1v) is 13.4. The van der Waals surface area contributed by atoms with Gasteiger partial charge in [-0.2, -0.15) is 13.9 Å². The summed E-state index contributed by atoms with van der Waals surface area (Å²) in [5.74, 6) is -1.64. The lowest BCUT2D eigenvalue weighted by Crippen LogP contribution is -2.67. The van der Waals surface area contributed by atoms with E-state index in [0.717, 1.165) is 5.56 Å². The fourth-order valence-electron chi connectivity index (χ4n) is 5.94. The molecular weight excluding hydrogens is 570 g/mol. The van der Waals surface area contributed by atoms with Crippen molar-refractivity contribution in [3.8, 4) is 17.4 Å². The quantitative estimate of drug-likeness (QED) is 0.257. The number of aryl methyl sites for hydroxylation is 1. The molecule has 2 fully saturated rings. The number of fused-ring (bicyclic) bond motifs is 2. The van der Waals surface area contributed by atoms with E-state index in [-0.39, 0.29) is 31.8 Å². The summed E-state index contributed by atoms with van der Waals surface area (Å²) in [6, 6.07) is 10.0. The minimum atomic E-state index is -3.08. The van der Waals surface area contributed by atoms with Crippen molar-refractivity contribution in [1.82, 2.24) is 34.4 Å². The lowest BCUT2D eigenvalue weighted by Gasteiger charge is -2.53. The van der Waals surface area contributed by atoms with Crippen LogP contribution in [-0.4, -0.2) is 79.2 Å². The van der Waals surface area contributed by atoms with Crippen LogP contribution in [0.1, 0.15) is 12.0 Å². The van der Waals surface area contributed by atoms with Crippen molar-refractivity contribution >= 4 is 33.7 Å². The van der Waals surface area contributed by atoms with Crippen molar-refractivity contribution in [3.05, 3.63) is 60.9 Å². The Balaban J connectivity index is 1.21. The molecule has 3 aromatic heterocycles. The molecule has 5 aromatic rings. The Bertz CT molecular complexity index is 1840. The number of aromatic nitrogens is 6. The van der Waals surface area contributed by atoms with Gasteiger partial charge in [-0.3, -0.25) is 4.90 Å². The van der Waals surface area contributed by atoms with Crippen molar-refractivity contribution in [2.45, 2.75) is 31.4 Å². The van der Waals surface area contributed by atoms with E-state index in [1.165, 1.54) is 29.6 Å². The van der Waals surface area contributed by atoms with Gasteiger partial charge in [0.2, 0.25) is 5.88 Å². The van der Waals surface area contributed by atoms with E-state index < -0.39 is 18.1 Å². The molecule has 5 heterocycles. The number of hydrogen-bond acceptors (Lipinski definition) is 10. The van der Waals surface area contributed by atoms with Gasteiger partial charge in [-0.25, -0.2) is 33.2 Å². The van der Waals surface area contributed by atoms with E-state index >= 15 is 0 Å². The van der Waals surface area contributed by atoms with Crippen molar-refractivity contribution in [3.63, 3.8) is 0 Å². The van der Waals surface area contributed by atoms with Crippen LogP contribution in [0.25, 0.3) is 16.6 Å². The fourth-order valence-corrected chi connectivity index (χ4v) is 5.94. The molecular formula is C28H25F4N9O2. The van der Waals surface area contributed by atoms with Gasteiger partial charge in [-0.05, 0) is 49.9 Å². The Labute approximate surface area is 242 Å². The molecule has 0 atom stereocenters. The minimum absolute atomic E-state index is 0.0836. The molecule has 0 aliphatic carbocycles. The van der Waals surface area contributed by atoms with Crippen molar-refractivity contribution in [1.29, 1.82) is 0 Å². The molecule has 2 aliphatic rings. The first-order chi connectivity index (χ1) is 20.6. The molecule has 11 nitrogen and oxygen atoms in total. The van der Waals surface area contributed by atoms with Gasteiger partial charge in [-0.1, -0.05) is 0 Å². The van der Waals surface area contributed by atoms with Crippen molar-refractivity contribution < 1.29 is 27.0 Å². The maximum Gasteiger partial charge on any atom is 0.387 e. The van der Waals surface area contributed by atoms with Gasteiger partial charge < -0.3 is 19.7 Å². The summed E-state index contributed by atoms with van der Waals surface area (Å²) in [4.78, 5) is 20.5. The van der Waals surface area contributed by atoms with E-state index in [4.69, 9.17) is 9.47 Å². The van der Waals surface area contributed by atoms with Gasteiger partial charge in [0.05, 0.1) is 28.7 Å². The van der Waals surface area contributed by atoms with Crippen LogP contribution in [0.15, 0.2) is 55.4 Å². The summed E-state index contributed by atoms with van der Waals surface area (Å²) in [7, 11) is 1.66. The van der Waals surface area contributed by atoms with Crippen LogP contribution in [0.2, 0.25) is 0 Å². The van der Waals surface area contributed by atoms with Crippen LogP contribution in [0, 0.1) is 6.92 Å². The highest BCUT2D eigenvalue weighted by molar-refractivity contribution is 6.04. The van der Waals surface area contributed by atoms with Crippen LogP contribution >= 0.6 is 0 Å². The molecule has 43 heavy (non-hydrogen) atoms. The van der Waals surface area contributed by atoms with Crippen LogP contribution < -0.4 is 19.7 Å². The number of alkyl halides is 4. The van der Waals surface area contributed by atoms with E-state index in [9.17, 15) is 17.6 Å². The zero-order chi connectivity index (χ0) is 29.9. The molecule has 222 valence electrons. The number of likely N-dealkylation sites (tertiary alicyclic amines) is 1. The van der Waals surface area contributed by atoms with Gasteiger partial charge in [0.25, 0.3) is 5.92 Å². The second-order valence-electron chi connectivity index (χ2n) is 10.9. The van der Waals surface area contributed by atoms with Crippen LogP contribution in [0.5, 0.6) is 17.4 Å². The normalized spacial score (nSPS) is 17.6.